The Bertz CT molecular complexity index is 757. The fourth-order valence-corrected chi connectivity index (χ4v) is 2.91. The molecule has 1 aromatic carbocycles. The van der Waals surface area contributed by atoms with Crippen LogP contribution in [-0.4, -0.2) is 14.5 Å². The zero-order valence-electron chi connectivity index (χ0n) is 10.9. The molecule has 19 heavy (non-hydrogen) atoms. The van der Waals surface area contributed by atoms with Gasteiger partial charge in [0, 0.05) is 18.3 Å². The van der Waals surface area contributed by atoms with Crippen LogP contribution in [0.5, 0.6) is 0 Å². The summed E-state index contributed by atoms with van der Waals surface area (Å²) in [5.74, 6) is 0.992. The second kappa shape index (κ2) is 3.92. The highest BCUT2D eigenvalue weighted by atomic mass is 15.1. The molecule has 0 spiro atoms. The van der Waals surface area contributed by atoms with E-state index in [2.05, 4.69) is 22.8 Å². The van der Waals surface area contributed by atoms with Crippen molar-refractivity contribution in [2.75, 3.05) is 0 Å². The molecule has 3 nitrogen and oxygen atoms in total. The van der Waals surface area contributed by atoms with Crippen LogP contribution in [0.15, 0.2) is 36.4 Å². The third-order valence-electron chi connectivity index (χ3n) is 3.91. The van der Waals surface area contributed by atoms with E-state index >= 15 is 0 Å². The third kappa shape index (κ3) is 1.58. The highest BCUT2D eigenvalue weighted by Crippen LogP contribution is 2.27. The summed E-state index contributed by atoms with van der Waals surface area (Å²) in [6.45, 7) is 0. The molecule has 3 heteroatoms. The number of benzene rings is 1. The van der Waals surface area contributed by atoms with Crippen molar-refractivity contribution < 1.29 is 0 Å². The lowest BCUT2D eigenvalue weighted by atomic mass is 10.2. The number of hydrogen-bond acceptors (Lipinski definition) is 2. The van der Waals surface area contributed by atoms with E-state index in [-0.39, 0.29) is 0 Å². The van der Waals surface area contributed by atoms with Crippen LogP contribution in [0.25, 0.3) is 22.6 Å². The largest absolute Gasteiger partial charge is 0.312 e. The Kier molecular flexibility index (Phi) is 2.21. The van der Waals surface area contributed by atoms with Gasteiger partial charge < -0.3 is 4.57 Å². The second-order valence-corrected chi connectivity index (χ2v) is 5.15. The fraction of sp³-hybridized carbons (Fsp3) is 0.250. The van der Waals surface area contributed by atoms with Gasteiger partial charge in [-0.2, -0.15) is 0 Å². The molecule has 2 heterocycles. The highest BCUT2D eigenvalue weighted by molar-refractivity contribution is 5.78. The lowest BCUT2D eigenvalue weighted by Crippen LogP contribution is -1.96. The minimum absolute atomic E-state index is 0.992. The topological polar surface area (TPSA) is 30.7 Å². The molecule has 4 rings (SSSR count). The van der Waals surface area contributed by atoms with Gasteiger partial charge in [-0.15, -0.1) is 0 Å². The molecule has 0 saturated heterocycles. The first-order chi connectivity index (χ1) is 9.33. The quantitative estimate of drug-likeness (QED) is 0.663. The van der Waals surface area contributed by atoms with E-state index in [1.807, 2.05) is 25.2 Å². The molecule has 0 radical (unpaired) electrons. The van der Waals surface area contributed by atoms with Gasteiger partial charge in [0.1, 0.15) is 11.3 Å². The Morgan fingerprint density at radius 2 is 1.89 bits per heavy atom. The molecule has 0 amide bonds. The highest BCUT2D eigenvalue weighted by Gasteiger charge is 2.17. The van der Waals surface area contributed by atoms with Gasteiger partial charge in [-0.1, -0.05) is 30.3 Å². The molecule has 0 unspecified atom stereocenters. The van der Waals surface area contributed by atoms with Gasteiger partial charge in [0.25, 0.3) is 0 Å². The summed E-state index contributed by atoms with van der Waals surface area (Å²) in [5, 5.41) is 0. The van der Waals surface area contributed by atoms with Gasteiger partial charge in [-0.05, 0) is 30.9 Å². The van der Waals surface area contributed by atoms with Crippen molar-refractivity contribution in [1.82, 2.24) is 14.5 Å². The first kappa shape index (κ1) is 10.7. The molecule has 0 fully saturated rings. The molecule has 1 aliphatic rings. The number of imidazole rings is 1. The minimum atomic E-state index is 0.992. The number of pyridine rings is 1. The smallest absolute Gasteiger partial charge is 0.160 e. The van der Waals surface area contributed by atoms with Gasteiger partial charge >= 0.3 is 0 Å². The molecule has 1 aliphatic carbocycles. The Morgan fingerprint density at radius 1 is 1.05 bits per heavy atom. The summed E-state index contributed by atoms with van der Waals surface area (Å²) in [5.41, 5.74) is 5.80. The van der Waals surface area contributed by atoms with Crippen LogP contribution in [0, 0.1) is 0 Å². The van der Waals surface area contributed by atoms with Crippen LogP contribution in [0.1, 0.15) is 17.7 Å². The Labute approximate surface area is 111 Å². The van der Waals surface area contributed by atoms with Gasteiger partial charge in [0.05, 0.1) is 0 Å². The number of hydrogen-bond donors (Lipinski definition) is 0. The average molecular weight is 249 g/mol. The first-order valence-electron chi connectivity index (χ1n) is 6.73. The Hall–Kier alpha value is -2.16. The number of rotatable bonds is 1. The van der Waals surface area contributed by atoms with Crippen LogP contribution in [0.2, 0.25) is 0 Å². The zero-order valence-corrected chi connectivity index (χ0v) is 10.9. The number of aryl methyl sites for hydroxylation is 3. The number of nitrogens with zero attached hydrogens (tertiary/aromatic N) is 3. The van der Waals surface area contributed by atoms with Crippen LogP contribution in [0.4, 0.5) is 0 Å². The predicted molar refractivity (Wildman–Crippen MR) is 76.0 cm³/mol. The van der Waals surface area contributed by atoms with Gasteiger partial charge in [-0.3, -0.25) is 0 Å². The second-order valence-electron chi connectivity index (χ2n) is 5.15. The van der Waals surface area contributed by atoms with Crippen LogP contribution in [-0.2, 0) is 19.9 Å². The molecule has 0 N–H and O–H groups in total. The molecule has 0 atom stereocenters. The van der Waals surface area contributed by atoms with Gasteiger partial charge in [-0.25, -0.2) is 9.97 Å². The minimum Gasteiger partial charge on any atom is -0.312 e. The zero-order chi connectivity index (χ0) is 12.8. The molecule has 2 aromatic heterocycles. The van der Waals surface area contributed by atoms with E-state index < -0.39 is 0 Å². The normalized spacial score (nSPS) is 13.9. The summed E-state index contributed by atoms with van der Waals surface area (Å²) in [6.07, 6.45) is 3.48. The molecule has 3 aromatic rings. The monoisotopic (exact) mass is 249 g/mol. The molecule has 0 aliphatic heterocycles. The summed E-state index contributed by atoms with van der Waals surface area (Å²) >= 11 is 0. The molecule has 0 saturated carbocycles. The Morgan fingerprint density at radius 3 is 2.74 bits per heavy atom. The van der Waals surface area contributed by atoms with Crippen LogP contribution < -0.4 is 0 Å². The van der Waals surface area contributed by atoms with Crippen molar-refractivity contribution in [1.29, 1.82) is 0 Å². The Balaban J connectivity index is 1.97. The lowest BCUT2D eigenvalue weighted by Gasteiger charge is -2.02. The van der Waals surface area contributed by atoms with E-state index in [9.17, 15) is 0 Å². The fourth-order valence-electron chi connectivity index (χ4n) is 2.91. The van der Waals surface area contributed by atoms with Crippen molar-refractivity contribution in [3.8, 4) is 11.4 Å². The van der Waals surface area contributed by atoms with Crippen LogP contribution in [0.3, 0.4) is 0 Å². The standard InChI is InChI=1S/C16H15N3/c1-19-15(11-6-3-2-4-7-11)18-14-10-12-8-5-9-13(12)17-16(14)19/h2-4,6-7,10H,5,8-9H2,1H3. The van der Waals surface area contributed by atoms with Crippen molar-refractivity contribution in [3.05, 3.63) is 47.7 Å². The van der Waals surface area contributed by atoms with Crippen molar-refractivity contribution >= 4 is 11.2 Å². The third-order valence-corrected chi connectivity index (χ3v) is 3.91. The maximum absolute atomic E-state index is 4.80. The maximum Gasteiger partial charge on any atom is 0.160 e. The molecule has 0 bridgehead atoms. The SMILES string of the molecule is Cn1c(-c2ccccc2)nc2cc3c(nc21)CCC3. The van der Waals surface area contributed by atoms with Gasteiger partial charge in [0.15, 0.2) is 5.65 Å². The van der Waals surface area contributed by atoms with Crippen molar-refractivity contribution in [2.45, 2.75) is 19.3 Å². The summed E-state index contributed by atoms with van der Waals surface area (Å²) in [7, 11) is 2.05. The molecular weight excluding hydrogens is 234 g/mol. The molecular formula is C16H15N3. The van der Waals surface area contributed by atoms with E-state index in [1.165, 1.54) is 17.7 Å². The molecule has 94 valence electrons. The maximum atomic E-state index is 4.80. The number of aromatic nitrogens is 3. The van der Waals surface area contributed by atoms with Crippen LogP contribution >= 0.6 is 0 Å². The first-order valence-corrected chi connectivity index (χ1v) is 6.73. The predicted octanol–water partition coefficient (Wildman–Crippen LogP) is 3.12. The van der Waals surface area contributed by atoms with E-state index in [0.29, 0.717) is 0 Å². The van der Waals surface area contributed by atoms with E-state index in [1.54, 1.807) is 0 Å². The summed E-state index contributed by atoms with van der Waals surface area (Å²) in [6, 6.07) is 12.5. The van der Waals surface area contributed by atoms with Crippen molar-refractivity contribution in [2.24, 2.45) is 7.05 Å². The summed E-state index contributed by atoms with van der Waals surface area (Å²) in [4.78, 5) is 9.56. The average Bonchev–Trinajstić information content (AvgIpc) is 3.02. The summed E-state index contributed by atoms with van der Waals surface area (Å²) < 4.78 is 2.10. The number of fused-ring (bicyclic) bond motifs is 2. The van der Waals surface area contributed by atoms with E-state index in [0.717, 1.165) is 35.4 Å². The lowest BCUT2D eigenvalue weighted by molar-refractivity contribution is 0.892. The van der Waals surface area contributed by atoms with E-state index in [4.69, 9.17) is 9.97 Å². The van der Waals surface area contributed by atoms with Crippen molar-refractivity contribution in [3.63, 3.8) is 0 Å². The van der Waals surface area contributed by atoms with Gasteiger partial charge in [0.2, 0.25) is 0 Å².